The maximum Gasteiger partial charge on any atom is 0.249 e. The molecular weight excluding hydrogens is 434 g/mol. The Balaban J connectivity index is 1.50. The molecular formula is C20H19F4N5OS. The summed E-state index contributed by atoms with van der Waals surface area (Å²) in [5.41, 5.74) is -0.318. The first-order valence-corrected chi connectivity index (χ1v) is 10.9. The van der Waals surface area contributed by atoms with E-state index in [1.54, 1.807) is 11.0 Å². The van der Waals surface area contributed by atoms with E-state index in [9.17, 15) is 18.0 Å². The summed E-state index contributed by atoms with van der Waals surface area (Å²) >= 11 is 1.44. The topological polar surface area (TPSA) is 61.7 Å². The van der Waals surface area contributed by atoms with E-state index in [4.69, 9.17) is 0 Å². The maximum atomic E-state index is 15.0. The van der Waals surface area contributed by atoms with E-state index in [0.717, 1.165) is 16.1 Å². The lowest BCUT2D eigenvalue weighted by molar-refractivity contribution is -0.140. The van der Waals surface area contributed by atoms with Crippen LogP contribution in [0.2, 0.25) is 0 Å². The van der Waals surface area contributed by atoms with Gasteiger partial charge in [-0.25, -0.2) is 32.5 Å². The van der Waals surface area contributed by atoms with Gasteiger partial charge in [-0.1, -0.05) is 0 Å². The van der Waals surface area contributed by atoms with E-state index in [-0.39, 0.29) is 24.9 Å². The number of hydrogen-bond acceptors (Lipinski definition) is 6. The highest BCUT2D eigenvalue weighted by Crippen LogP contribution is 2.35. The number of rotatable bonds is 4. The highest BCUT2D eigenvalue weighted by molar-refractivity contribution is 7.98. The third kappa shape index (κ3) is 4.23. The number of carbonyl (C=O) groups excluding carboxylic acids is 1. The van der Waals surface area contributed by atoms with E-state index in [1.807, 2.05) is 6.26 Å². The zero-order chi connectivity index (χ0) is 22.1. The average Bonchev–Trinajstić information content (AvgIpc) is 3.25. The molecule has 1 amide bonds. The summed E-state index contributed by atoms with van der Waals surface area (Å²) in [6, 6.07) is 2.01. The van der Waals surface area contributed by atoms with Gasteiger partial charge in [0.2, 0.25) is 5.91 Å². The van der Waals surface area contributed by atoms with Crippen molar-refractivity contribution >= 4 is 29.7 Å². The van der Waals surface area contributed by atoms with Gasteiger partial charge in [-0.2, -0.15) is 5.10 Å². The molecule has 164 valence electrons. The first kappa shape index (κ1) is 21.5. The van der Waals surface area contributed by atoms with Crippen LogP contribution in [0.15, 0.2) is 34.7 Å². The van der Waals surface area contributed by atoms with Crippen molar-refractivity contribution in [1.82, 2.24) is 15.0 Å². The molecule has 2 aromatic rings. The third-order valence-corrected chi connectivity index (χ3v) is 6.10. The lowest BCUT2D eigenvalue weighted by atomic mass is 9.92. The monoisotopic (exact) mass is 453 g/mol. The van der Waals surface area contributed by atoms with Crippen LogP contribution in [-0.2, 0) is 4.79 Å². The maximum absolute atomic E-state index is 15.0. The van der Waals surface area contributed by atoms with Gasteiger partial charge in [-0.15, -0.1) is 11.8 Å². The van der Waals surface area contributed by atoms with Gasteiger partial charge in [-0.3, -0.25) is 4.79 Å². The van der Waals surface area contributed by atoms with Crippen molar-refractivity contribution in [1.29, 1.82) is 0 Å². The molecule has 0 saturated carbocycles. The number of nitrogens with zero attached hydrogens (tertiary/aromatic N) is 5. The molecule has 3 heterocycles. The number of aromatic nitrogens is 2. The number of piperidine rings is 1. The first-order valence-electron chi connectivity index (χ1n) is 9.64. The summed E-state index contributed by atoms with van der Waals surface area (Å²) in [4.78, 5) is 23.0. The van der Waals surface area contributed by atoms with Crippen LogP contribution in [0.5, 0.6) is 0 Å². The predicted octanol–water partition coefficient (Wildman–Crippen LogP) is 3.74. The normalized spacial score (nSPS) is 23.5. The Bertz CT molecular complexity index is 1020. The fraction of sp³-hybridized carbons (Fsp3) is 0.400. The molecule has 1 fully saturated rings. The number of halogens is 4. The van der Waals surface area contributed by atoms with Crippen molar-refractivity contribution in [3.05, 3.63) is 47.5 Å². The van der Waals surface area contributed by atoms with Crippen molar-refractivity contribution in [2.24, 2.45) is 11.0 Å². The van der Waals surface area contributed by atoms with Crippen LogP contribution in [0.3, 0.4) is 0 Å². The third-order valence-electron chi connectivity index (χ3n) is 5.46. The number of amides is 1. The molecule has 6 nitrogen and oxygen atoms in total. The second kappa shape index (κ2) is 8.81. The van der Waals surface area contributed by atoms with Crippen molar-refractivity contribution in [2.75, 3.05) is 24.2 Å². The van der Waals surface area contributed by atoms with E-state index < -0.39 is 41.5 Å². The summed E-state index contributed by atoms with van der Waals surface area (Å²) in [6.07, 6.45) is 3.39. The molecule has 0 spiro atoms. The molecule has 2 aliphatic rings. The van der Waals surface area contributed by atoms with Gasteiger partial charge < -0.3 is 4.90 Å². The van der Waals surface area contributed by atoms with E-state index in [0.29, 0.717) is 18.4 Å². The van der Waals surface area contributed by atoms with Gasteiger partial charge in [0.15, 0.2) is 11.6 Å². The van der Waals surface area contributed by atoms with Gasteiger partial charge in [0.1, 0.15) is 29.2 Å². The highest BCUT2D eigenvalue weighted by Gasteiger charge is 2.41. The Morgan fingerprint density at radius 2 is 2.00 bits per heavy atom. The molecule has 3 atom stereocenters. The van der Waals surface area contributed by atoms with E-state index in [2.05, 4.69) is 15.1 Å². The van der Waals surface area contributed by atoms with Crippen LogP contribution < -0.4 is 4.90 Å². The Morgan fingerprint density at radius 3 is 2.74 bits per heavy atom. The Hall–Kier alpha value is -2.69. The van der Waals surface area contributed by atoms with Crippen molar-refractivity contribution < 1.29 is 22.4 Å². The second-order valence-electron chi connectivity index (χ2n) is 7.30. The minimum atomic E-state index is -1.51. The van der Waals surface area contributed by atoms with E-state index >= 15 is 4.39 Å². The number of benzene rings is 1. The van der Waals surface area contributed by atoms with Gasteiger partial charge >= 0.3 is 0 Å². The molecule has 1 aromatic carbocycles. The number of hydrogen-bond donors (Lipinski definition) is 0. The van der Waals surface area contributed by atoms with Crippen LogP contribution >= 0.6 is 11.8 Å². The standard InChI is InChI=1S/C20H19F4N5OS/c1-31-18-8-17(25-10-26-18)28-5-3-12(15(23)9-28)20(30)29-16(2-4-27-29)13-6-11(21)7-14(22)19(13)24/h4,6-8,10,12,15-16H,2-3,5,9H2,1H3. The smallest absolute Gasteiger partial charge is 0.249 e. The van der Waals surface area contributed by atoms with Crippen LogP contribution in [0.25, 0.3) is 0 Å². The van der Waals surface area contributed by atoms with Crippen LogP contribution in [-0.4, -0.2) is 52.6 Å². The molecule has 31 heavy (non-hydrogen) atoms. The largest absolute Gasteiger partial charge is 0.354 e. The quantitative estimate of drug-likeness (QED) is 0.306. The molecule has 4 rings (SSSR count). The first-order chi connectivity index (χ1) is 14.9. The number of anilines is 1. The Morgan fingerprint density at radius 1 is 1.19 bits per heavy atom. The van der Waals surface area contributed by atoms with Crippen molar-refractivity contribution in [3.8, 4) is 0 Å². The Kier molecular flexibility index (Phi) is 6.12. The van der Waals surface area contributed by atoms with Crippen molar-refractivity contribution in [3.63, 3.8) is 0 Å². The summed E-state index contributed by atoms with van der Waals surface area (Å²) in [5, 5.41) is 5.64. The van der Waals surface area contributed by atoms with Crippen LogP contribution in [0.4, 0.5) is 23.4 Å². The molecule has 2 aliphatic heterocycles. The SMILES string of the molecule is CSc1cc(N2CCC(C(=O)N3N=CCC3c3cc(F)cc(F)c3F)C(F)C2)ncn1. The molecule has 0 aliphatic carbocycles. The van der Waals surface area contributed by atoms with Gasteiger partial charge in [-0.05, 0) is 18.7 Å². The van der Waals surface area contributed by atoms with E-state index in [1.165, 1.54) is 24.3 Å². The fourth-order valence-corrected chi connectivity index (χ4v) is 4.25. The molecule has 11 heteroatoms. The molecule has 0 bridgehead atoms. The van der Waals surface area contributed by atoms with Gasteiger partial charge in [0.05, 0.1) is 18.5 Å². The Labute approximate surface area is 180 Å². The lowest BCUT2D eigenvalue weighted by Gasteiger charge is -2.36. The summed E-state index contributed by atoms with van der Waals surface area (Å²) < 4.78 is 56.6. The van der Waals surface area contributed by atoms with Gasteiger partial charge in [0, 0.05) is 36.9 Å². The zero-order valence-corrected chi connectivity index (χ0v) is 17.3. The fourth-order valence-electron chi connectivity index (χ4n) is 3.88. The molecule has 1 saturated heterocycles. The predicted molar refractivity (Wildman–Crippen MR) is 108 cm³/mol. The summed E-state index contributed by atoms with van der Waals surface area (Å²) in [7, 11) is 0. The molecule has 0 radical (unpaired) electrons. The number of thioether (sulfide) groups is 1. The van der Waals surface area contributed by atoms with Crippen LogP contribution in [0.1, 0.15) is 24.4 Å². The van der Waals surface area contributed by atoms with Crippen molar-refractivity contribution in [2.45, 2.75) is 30.1 Å². The lowest BCUT2D eigenvalue weighted by Crippen LogP contribution is -2.48. The number of alkyl halides is 1. The minimum Gasteiger partial charge on any atom is -0.354 e. The molecule has 0 N–H and O–H groups in total. The molecule has 1 aromatic heterocycles. The summed E-state index contributed by atoms with van der Waals surface area (Å²) in [6.45, 7) is 0.333. The summed E-state index contributed by atoms with van der Waals surface area (Å²) in [5.74, 6) is -4.61. The van der Waals surface area contributed by atoms with Crippen LogP contribution in [0, 0.1) is 23.4 Å². The minimum absolute atomic E-state index is 0.0492. The highest BCUT2D eigenvalue weighted by atomic mass is 32.2. The number of hydrazone groups is 1. The zero-order valence-electron chi connectivity index (χ0n) is 16.5. The average molecular weight is 453 g/mol. The number of carbonyl (C=O) groups is 1. The second-order valence-corrected chi connectivity index (χ2v) is 8.13. The molecule has 3 unspecified atom stereocenters. The van der Waals surface area contributed by atoms with Gasteiger partial charge in [0.25, 0.3) is 0 Å².